The summed E-state index contributed by atoms with van der Waals surface area (Å²) in [6.45, 7) is 1.35. The Kier molecular flexibility index (Phi) is 4.45. The molecule has 0 aliphatic carbocycles. The van der Waals surface area contributed by atoms with E-state index in [4.69, 9.17) is 0 Å². The molecule has 3 rings (SSSR count). The molecular weight excluding hydrogens is 342 g/mol. The van der Waals surface area contributed by atoms with Gasteiger partial charge in [0.25, 0.3) is 0 Å². The standard InChI is InChI=1S/C18H17NO5S/c1-12(20)13-6-8-16(9-7-13)25(23,24)19-11-15-5-3-2-4-14(15)10-17(19)18(21)22/h2-9,17H,10-11H2,1H3,(H,21,22)/p-1/t17-/m1/s1. The summed E-state index contributed by atoms with van der Waals surface area (Å²) in [5, 5.41) is 11.5. The number of rotatable bonds is 4. The monoisotopic (exact) mass is 358 g/mol. The third kappa shape index (κ3) is 3.20. The van der Waals surface area contributed by atoms with E-state index in [1.54, 1.807) is 24.3 Å². The van der Waals surface area contributed by atoms with Gasteiger partial charge >= 0.3 is 0 Å². The number of fused-ring (bicyclic) bond motifs is 1. The molecule has 130 valence electrons. The Morgan fingerprint density at radius 1 is 1.04 bits per heavy atom. The molecule has 0 bridgehead atoms. The molecule has 0 radical (unpaired) electrons. The van der Waals surface area contributed by atoms with E-state index in [-0.39, 0.29) is 23.6 Å². The maximum absolute atomic E-state index is 12.9. The molecule has 7 heteroatoms. The lowest BCUT2D eigenvalue weighted by atomic mass is 9.96. The van der Waals surface area contributed by atoms with Gasteiger partial charge in [-0.2, -0.15) is 4.31 Å². The Morgan fingerprint density at radius 3 is 2.20 bits per heavy atom. The Bertz CT molecular complexity index is 934. The van der Waals surface area contributed by atoms with Crippen LogP contribution in [0.4, 0.5) is 0 Å². The summed E-state index contributed by atoms with van der Waals surface area (Å²) in [6, 6.07) is 11.3. The highest BCUT2D eigenvalue weighted by molar-refractivity contribution is 7.89. The number of nitrogens with zero attached hydrogens (tertiary/aromatic N) is 1. The van der Waals surface area contributed by atoms with Crippen molar-refractivity contribution >= 4 is 21.8 Å². The Hall–Kier alpha value is -2.51. The van der Waals surface area contributed by atoms with E-state index in [0.29, 0.717) is 5.56 Å². The van der Waals surface area contributed by atoms with E-state index in [1.807, 2.05) is 0 Å². The normalized spacial score (nSPS) is 17.7. The Labute approximate surface area is 145 Å². The molecule has 0 unspecified atom stereocenters. The van der Waals surface area contributed by atoms with Crippen molar-refractivity contribution in [2.45, 2.75) is 30.8 Å². The lowest BCUT2D eigenvalue weighted by molar-refractivity contribution is -0.310. The van der Waals surface area contributed by atoms with Crippen LogP contribution in [0.5, 0.6) is 0 Å². The molecule has 1 atom stereocenters. The first-order valence-electron chi connectivity index (χ1n) is 7.71. The minimum absolute atomic E-state index is 0.0361. The van der Waals surface area contributed by atoms with Crippen LogP contribution in [-0.2, 0) is 27.8 Å². The Balaban J connectivity index is 2.02. The SMILES string of the molecule is CC(=O)c1ccc(S(=O)(=O)N2Cc3ccccc3C[C@@H]2C(=O)[O-])cc1. The van der Waals surface area contributed by atoms with E-state index < -0.39 is 22.0 Å². The number of ketones is 1. The smallest absolute Gasteiger partial charge is 0.243 e. The highest BCUT2D eigenvalue weighted by Gasteiger charge is 2.36. The molecule has 0 spiro atoms. The number of carboxylic acid groups (broad SMARTS) is 1. The van der Waals surface area contributed by atoms with Gasteiger partial charge in [-0.3, -0.25) is 4.79 Å². The zero-order valence-corrected chi connectivity index (χ0v) is 14.3. The van der Waals surface area contributed by atoms with Gasteiger partial charge < -0.3 is 9.90 Å². The van der Waals surface area contributed by atoms with Gasteiger partial charge in [-0.15, -0.1) is 0 Å². The summed E-state index contributed by atoms with van der Waals surface area (Å²) < 4.78 is 26.8. The van der Waals surface area contributed by atoms with Crippen LogP contribution in [0.3, 0.4) is 0 Å². The highest BCUT2D eigenvalue weighted by Crippen LogP contribution is 2.29. The molecule has 0 saturated carbocycles. The number of aliphatic carboxylic acids is 1. The van der Waals surface area contributed by atoms with Gasteiger partial charge in [0.2, 0.25) is 10.0 Å². The van der Waals surface area contributed by atoms with Crippen LogP contribution < -0.4 is 5.11 Å². The maximum Gasteiger partial charge on any atom is 0.243 e. The molecule has 6 nitrogen and oxygen atoms in total. The van der Waals surface area contributed by atoms with E-state index in [9.17, 15) is 23.1 Å². The van der Waals surface area contributed by atoms with E-state index in [0.717, 1.165) is 15.4 Å². The molecule has 0 amide bonds. The van der Waals surface area contributed by atoms with Crippen LogP contribution in [0.25, 0.3) is 0 Å². The number of carbonyl (C=O) groups is 2. The summed E-state index contributed by atoms with van der Waals surface area (Å²) in [7, 11) is -4.04. The first-order chi connectivity index (χ1) is 11.8. The molecule has 1 aliphatic rings. The van der Waals surface area contributed by atoms with Gasteiger partial charge in [0.05, 0.1) is 16.9 Å². The minimum atomic E-state index is -4.04. The minimum Gasteiger partial charge on any atom is -0.548 e. The fourth-order valence-electron chi connectivity index (χ4n) is 2.95. The second-order valence-electron chi connectivity index (χ2n) is 5.94. The van der Waals surface area contributed by atoms with Crippen molar-refractivity contribution < 1.29 is 23.1 Å². The van der Waals surface area contributed by atoms with Gasteiger partial charge in [-0.25, -0.2) is 8.42 Å². The highest BCUT2D eigenvalue weighted by atomic mass is 32.2. The van der Waals surface area contributed by atoms with Gasteiger partial charge in [-0.1, -0.05) is 36.4 Å². The van der Waals surface area contributed by atoms with Crippen molar-refractivity contribution in [1.29, 1.82) is 0 Å². The van der Waals surface area contributed by atoms with Crippen molar-refractivity contribution in [2.24, 2.45) is 0 Å². The van der Waals surface area contributed by atoms with Gasteiger partial charge in [0, 0.05) is 12.1 Å². The van der Waals surface area contributed by atoms with E-state index >= 15 is 0 Å². The summed E-state index contributed by atoms with van der Waals surface area (Å²) >= 11 is 0. The average molecular weight is 358 g/mol. The number of Topliss-reactive ketones (excluding diaryl/α,β-unsaturated/α-hetero) is 1. The zero-order chi connectivity index (χ0) is 18.2. The molecule has 0 fully saturated rings. The van der Waals surface area contributed by atoms with Crippen molar-refractivity contribution in [3.8, 4) is 0 Å². The molecule has 0 aromatic heterocycles. The van der Waals surface area contributed by atoms with Crippen LogP contribution in [-0.4, -0.2) is 30.5 Å². The summed E-state index contributed by atoms with van der Waals surface area (Å²) in [5.74, 6) is -1.61. The van der Waals surface area contributed by atoms with Crippen LogP contribution >= 0.6 is 0 Å². The van der Waals surface area contributed by atoms with Crippen LogP contribution in [0.15, 0.2) is 53.4 Å². The maximum atomic E-state index is 12.9. The summed E-state index contributed by atoms with van der Waals surface area (Å²) in [5.41, 5.74) is 1.96. The van der Waals surface area contributed by atoms with E-state index in [1.165, 1.54) is 31.2 Å². The van der Waals surface area contributed by atoms with Gasteiger partial charge in [0.15, 0.2) is 5.78 Å². The molecular formula is C18H16NO5S-. The van der Waals surface area contributed by atoms with Gasteiger partial charge in [0.1, 0.15) is 0 Å². The van der Waals surface area contributed by atoms with Crippen LogP contribution in [0, 0.1) is 0 Å². The Morgan fingerprint density at radius 2 is 1.64 bits per heavy atom. The number of carboxylic acids is 1. The fraction of sp³-hybridized carbons (Fsp3) is 0.222. The molecule has 25 heavy (non-hydrogen) atoms. The molecule has 2 aromatic carbocycles. The number of hydrogen-bond acceptors (Lipinski definition) is 5. The van der Waals surface area contributed by atoms with Crippen molar-refractivity contribution in [1.82, 2.24) is 4.31 Å². The second-order valence-corrected chi connectivity index (χ2v) is 7.83. The quantitative estimate of drug-likeness (QED) is 0.752. The molecule has 0 N–H and O–H groups in total. The summed E-state index contributed by atoms with van der Waals surface area (Å²) in [6.07, 6.45) is 0.0588. The summed E-state index contributed by atoms with van der Waals surface area (Å²) in [4.78, 5) is 22.8. The predicted molar refractivity (Wildman–Crippen MR) is 88.1 cm³/mol. The molecule has 1 aliphatic heterocycles. The van der Waals surface area contributed by atoms with Crippen molar-refractivity contribution in [3.63, 3.8) is 0 Å². The lowest BCUT2D eigenvalue weighted by Crippen LogP contribution is -2.53. The zero-order valence-electron chi connectivity index (χ0n) is 13.5. The predicted octanol–water partition coefficient (Wildman–Crippen LogP) is 0.755. The van der Waals surface area contributed by atoms with E-state index in [2.05, 4.69) is 0 Å². The third-order valence-corrected chi connectivity index (χ3v) is 6.21. The first kappa shape index (κ1) is 17.3. The van der Waals surface area contributed by atoms with Crippen LogP contribution in [0.2, 0.25) is 0 Å². The molecule has 2 aromatic rings. The molecule has 0 saturated heterocycles. The number of hydrogen-bond donors (Lipinski definition) is 0. The van der Waals surface area contributed by atoms with Crippen molar-refractivity contribution in [3.05, 3.63) is 65.2 Å². The topological polar surface area (TPSA) is 94.6 Å². The second kappa shape index (κ2) is 6.42. The average Bonchev–Trinajstić information content (AvgIpc) is 2.60. The number of sulfonamides is 1. The molecule has 1 heterocycles. The number of benzene rings is 2. The third-order valence-electron chi connectivity index (χ3n) is 4.34. The number of carbonyl (C=O) groups excluding carboxylic acids is 2. The van der Waals surface area contributed by atoms with Crippen LogP contribution in [0.1, 0.15) is 28.4 Å². The largest absolute Gasteiger partial charge is 0.548 e. The first-order valence-corrected chi connectivity index (χ1v) is 9.15. The lowest BCUT2D eigenvalue weighted by Gasteiger charge is -2.36. The van der Waals surface area contributed by atoms with Crippen molar-refractivity contribution in [2.75, 3.05) is 0 Å². The van der Waals surface area contributed by atoms with Gasteiger partial charge in [-0.05, 0) is 36.6 Å². The fourth-order valence-corrected chi connectivity index (χ4v) is 4.50.